The van der Waals surface area contributed by atoms with Crippen molar-refractivity contribution in [2.75, 3.05) is 30.3 Å². The molecule has 0 radical (unpaired) electrons. The Labute approximate surface area is 199 Å². The van der Waals surface area contributed by atoms with E-state index in [1.165, 1.54) is 11.3 Å². The first kappa shape index (κ1) is 24.9. The van der Waals surface area contributed by atoms with Gasteiger partial charge in [0.05, 0.1) is 18.7 Å². The molecule has 0 bridgehead atoms. The van der Waals surface area contributed by atoms with Gasteiger partial charge in [-0.1, -0.05) is 12.1 Å². The minimum absolute atomic E-state index is 0.0786. The Balaban J connectivity index is 1.58. The van der Waals surface area contributed by atoms with Crippen molar-refractivity contribution in [1.82, 2.24) is 4.90 Å². The van der Waals surface area contributed by atoms with Crippen molar-refractivity contribution in [2.45, 2.75) is 59.9 Å². The first-order valence-corrected chi connectivity index (χ1v) is 12.2. The van der Waals surface area contributed by atoms with E-state index in [4.69, 9.17) is 4.74 Å². The van der Waals surface area contributed by atoms with E-state index >= 15 is 0 Å². The van der Waals surface area contributed by atoms with Gasteiger partial charge in [-0.15, -0.1) is 11.3 Å². The maximum absolute atomic E-state index is 12.7. The number of ether oxygens (including phenoxy) is 1. The van der Waals surface area contributed by atoms with Crippen molar-refractivity contribution in [3.63, 3.8) is 0 Å². The van der Waals surface area contributed by atoms with Gasteiger partial charge >= 0.3 is 5.97 Å². The van der Waals surface area contributed by atoms with Crippen molar-refractivity contribution >= 4 is 39.8 Å². The van der Waals surface area contributed by atoms with Crippen LogP contribution in [0.1, 0.15) is 58.1 Å². The highest BCUT2D eigenvalue weighted by Crippen LogP contribution is 2.33. The summed E-state index contributed by atoms with van der Waals surface area (Å²) >= 11 is 1.38. The molecule has 1 aliphatic rings. The Morgan fingerprint density at radius 2 is 1.82 bits per heavy atom. The molecule has 0 aliphatic heterocycles. The lowest BCUT2D eigenvalue weighted by atomic mass is 10.1. The van der Waals surface area contributed by atoms with Crippen molar-refractivity contribution in [1.29, 1.82) is 0 Å². The van der Waals surface area contributed by atoms with Gasteiger partial charge in [-0.05, 0) is 70.2 Å². The van der Waals surface area contributed by atoms with E-state index in [9.17, 15) is 14.4 Å². The van der Waals surface area contributed by atoms with Crippen LogP contribution < -0.4 is 10.6 Å². The van der Waals surface area contributed by atoms with Gasteiger partial charge in [0.1, 0.15) is 5.00 Å². The minimum Gasteiger partial charge on any atom is -0.462 e. The van der Waals surface area contributed by atoms with Gasteiger partial charge in [0.2, 0.25) is 11.8 Å². The lowest BCUT2D eigenvalue weighted by Gasteiger charge is -2.21. The summed E-state index contributed by atoms with van der Waals surface area (Å²) in [5, 5.41) is 6.41. The van der Waals surface area contributed by atoms with Gasteiger partial charge in [0, 0.05) is 29.6 Å². The molecule has 1 heterocycles. The summed E-state index contributed by atoms with van der Waals surface area (Å²) < 4.78 is 5.15. The van der Waals surface area contributed by atoms with Crippen LogP contribution in [0.5, 0.6) is 0 Å². The number of nitrogens with zero attached hydrogens (tertiary/aromatic N) is 1. The predicted octanol–water partition coefficient (Wildman–Crippen LogP) is 4.59. The second-order valence-electron chi connectivity index (χ2n) is 8.57. The number of anilines is 2. The third kappa shape index (κ3) is 6.65. The van der Waals surface area contributed by atoms with Crippen LogP contribution in [-0.4, -0.2) is 48.4 Å². The summed E-state index contributed by atoms with van der Waals surface area (Å²) in [4.78, 5) is 40.7. The van der Waals surface area contributed by atoms with Crippen molar-refractivity contribution in [3.05, 3.63) is 45.3 Å². The Morgan fingerprint density at radius 1 is 1.09 bits per heavy atom. The summed E-state index contributed by atoms with van der Waals surface area (Å²) in [6.45, 7) is 10.5. The monoisotopic (exact) mass is 471 g/mol. The maximum Gasteiger partial charge on any atom is 0.341 e. The Bertz CT molecular complexity index is 1040. The van der Waals surface area contributed by atoms with Crippen LogP contribution in [0.15, 0.2) is 18.2 Å². The van der Waals surface area contributed by atoms with Crippen LogP contribution in [0.25, 0.3) is 0 Å². The number of nitrogens with one attached hydrogen (secondary N) is 2. The molecule has 2 aromatic rings. The number of amides is 2. The Kier molecular flexibility index (Phi) is 8.26. The molecule has 2 amide bonds. The highest BCUT2D eigenvalue weighted by molar-refractivity contribution is 7.16. The van der Waals surface area contributed by atoms with Gasteiger partial charge in [0.15, 0.2) is 0 Å². The molecule has 0 saturated heterocycles. The number of esters is 1. The fraction of sp³-hybridized carbons (Fsp3) is 0.480. The standard InChI is InChI=1S/C25H33N3O4S/c1-6-32-25(31)23-17(4)18(5)33-24(23)27-21(29)11-12-28(19-9-10-19)14-22(30)26-20-13-15(2)7-8-16(20)3/h7-8,13,19H,6,9-12,14H2,1-5H3,(H,26,30)(H,27,29). The minimum atomic E-state index is -0.419. The van der Waals surface area contributed by atoms with E-state index in [2.05, 4.69) is 15.5 Å². The van der Waals surface area contributed by atoms with Crippen molar-refractivity contribution in [2.24, 2.45) is 0 Å². The first-order chi connectivity index (χ1) is 15.7. The summed E-state index contributed by atoms with van der Waals surface area (Å²) in [5.41, 5.74) is 4.19. The lowest BCUT2D eigenvalue weighted by Crippen LogP contribution is -2.37. The zero-order chi connectivity index (χ0) is 24.1. The van der Waals surface area contributed by atoms with E-state index in [1.807, 2.05) is 45.9 Å². The SMILES string of the molecule is CCOC(=O)c1c(NC(=O)CCN(CC(=O)Nc2cc(C)ccc2C)C2CC2)sc(C)c1C. The molecule has 1 aromatic heterocycles. The molecular weight excluding hydrogens is 438 g/mol. The van der Waals surface area contributed by atoms with E-state index in [0.717, 1.165) is 40.1 Å². The molecule has 3 rings (SSSR count). The van der Waals surface area contributed by atoms with Gasteiger partial charge < -0.3 is 15.4 Å². The Morgan fingerprint density at radius 3 is 2.48 bits per heavy atom. The van der Waals surface area contributed by atoms with E-state index in [-0.39, 0.29) is 31.4 Å². The second kappa shape index (κ2) is 10.9. The molecule has 0 atom stereocenters. The molecule has 1 saturated carbocycles. The molecule has 1 aromatic carbocycles. The summed E-state index contributed by atoms with van der Waals surface area (Å²) in [5.74, 6) is -0.676. The fourth-order valence-corrected chi connectivity index (χ4v) is 4.74. The molecule has 0 unspecified atom stereocenters. The maximum atomic E-state index is 12.7. The molecule has 178 valence electrons. The van der Waals surface area contributed by atoms with Crippen LogP contribution in [0, 0.1) is 27.7 Å². The summed E-state index contributed by atoms with van der Waals surface area (Å²) in [6.07, 6.45) is 2.31. The van der Waals surface area contributed by atoms with E-state index in [1.54, 1.807) is 6.92 Å². The molecule has 0 spiro atoms. The van der Waals surface area contributed by atoms with Crippen LogP contribution in [-0.2, 0) is 14.3 Å². The van der Waals surface area contributed by atoms with Crippen LogP contribution in [0.4, 0.5) is 10.7 Å². The average molecular weight is 472 g/mol. The van der Waals surface area contributed by atoms with Crippen LogP contribution in [0.3, 0.4) is 0 Å². The fourth-order valence-electron chi connectivity index (χ4n) is 3.67. The summed E-state index contributed by atoms with van der Waals surface area (Å²) in [6, 6.07) is 6.31. The highest BCUT2D eigenvalue weighted by atomic mass is 32.1. The lowest BCUT2D eigenvalue weighted by molar-refractivity contribution is -0.119. The number of thiophene rings is 1. The number of hydrogen-bond acceptors (Lipinski definition) is 6. The summed E-state index contributed by atoms with van der Waals surface area (Å²) in [7, 11) is 0. The van der Waals surface area contributed by atoms with Gasteiger partial charge in [-0.25, -0.2) is 4.79 Å². The van der Waals surface area contributed by atoms with Gasteiger partial charge in [0.25, 0.3) is 0 Å². The molecule has 7 nitrogen and oxygen atoms in total. The third-order valence-corrected chi connectivity index (χ3v) is 6.94. The highest BCUT2D eigenvalue weighted by Gasteiger charge is 2.31. The first-order valence-electron chi connectivity index (χ1n) is 11.4. The quantitative estimate of drug-likeness (QED) is 0.495. The topological polar surface area (TPSA) is 87.7 Å². The number of hydrogen-bond donors (Lipinski definition) is 2. The van der Waals surface area contributed by atoms with Gasteiger partial charge in [-0.2, -0.15) is 0 Å². The molecule has 33 heavy (non-hydrogen) atoms. The zero-order valence-electron chi connectivity index (χ0n) is 20.0. The number of rotatable bonds is 10. The number of carbonyl (C=O) groups excluding carboxylic acids is 3. The third-order valence-electron chi connectivity index (χ3n) is 5.82. The van der Waals surface area contributed by atoms with E-state index < -0.39 is 5.97 Å². The van der Waals surface area contributed by atoms with Gasteiger partial charge in [-0.3, -0.25) is 14.5 Å². The predicted molar refractivity (Wildman–Crippen MR) is 132 cm³/mol. The average Bonchev–Trinajstić information content (AvgIpc) is 3.55. The zero-order valence-corrected chi connectivity index (χ0v) is 20.9. The van der Waals surface area contributed by atoms with Crippen LogP contribution >= 0.6 is 11.3 Å². The number of aryl methyl sites for hydroxylation is 3. The van der Waals surface area contributed by atoms with Crippen molar-refractivity contribution < 1.29 is 19.1 Å². The number of carbonyl (C=O) groups is 3. The normalized spacial score (nSPS) is 13.2. The molecule has 1 fully saturated rings. The molecule has 1 aliphatic carbocycles. The molecular formula is C25H33N3O4S. The van der Waals surface area contributed by atoms with Crippen LogP contribution in [0.2, 0.25) is 0 Å². The molecule has 2 N–H and O–H groups in total. The van der Waals surface area contributed by atoms with Crippen molar-refractivity contribution in [3.8, 4) is 0 Å². The smallest absolute Gasteiger partial charge is 0.341 e. The largest absolute Gasteiger partial charge is 0.462 e. The Hall–Kier alpha value is -2.71. The number of benzene rings is 1. The second-order valence-corrected chi connectivity index (χ2v) is 9.80. The van der Waals surface area contributed by atoms with E-state index in [0.29, 0.717) is 23.2 Å². The molecule has 8 heteroatoms.